The van der Waals surface area contributed by atoms with Crippen LogP contribution in [0.2, 0.25) is 0 Å². The third-order valence-corrected chi connectivity index (χ3v) is 5.00. The first-order valence-corrected chi connectivity index (χ1v) is 9.95. The Labute approximate surface area is 167 Å². The quantitative estimate of drug-likeness (QED) is 0.364. The summed E-state index contributed by atoms with van der Waals surface area (Å²) >= 11 is 0. The molecule has 2 aromatic carbocycles. The van der Waals surface area contributed by atoms with Gasteiger partial charge in [0.15, 0.2) is 0 Å². The normalized spacial score (nSPS) is 11.3. The fraction of sp³-hybridized carbons (Fsp3) is 0.458. The molecule has 0 aliphatic heterocycles. The molecule has 0 aliphatic rings. The van der Waals surface area contributed by atoms with Crippen LogP contribution < -0.4 is 4.74 Å². The van der Waals surface area contributed by atoms with Crippen molar-refractivity contribution in [2.75, 3.05) is 13.7 Å². The molecule has 2 aromatic rings. The van der Waals surface area contributed by atoms with Gasteiger partial charge in [-0.2, -0.15) is 0 Å². The smallest absolute Gasteiger partial charge is 0.311 e. The monoisotopic (exact) mass is 386 g/mol. The average Bonchev–Trinajstić information content (AvgIpc) is 2.69. The molecule has 28 heavy (non-hydrogen) atoms. The number of carbonyl (C=O) groups is 1. The van der Waals surface area contributed by atoms with E-state index in [4.69, 9.17) is 9.47 Å². The van der Waals surface area contributed by atoms with Crippen LogP contribution in [0.3, 0.4) is 0 Å². The summed E-state index contributed by atoms with van der Waals surface area (Å²) in [6, 6.07) is 14.7. The summed E-state index contributed by atoms with van der Waals surface area (Å²) < 4.78 is 23.5. The molecule has 0 saturated carbocycles. The minimum atomic E-state index is -0.401. The topological polar surface area (TPSA) is 35.5 Å². The van der Waals surface area contributed by atoms with Gasteiger partial charge in [0.05, 0.1) is 19.1 Å². The zero-order chi connectivity index (χ0) is 20.4. The zero-order valence-corrected chi connectivity index (χ0v) is 17.2. The first kappa shape index (κ1) is 21.9. The molecule has 3 nitrogen and oxygen atoms in total. The fourth-order valence-corrected chi connectivity index (χ4v) is 3.14. The van der Waals surface area contributed by atoms with Gasteiger partial charge in [-0.1, -0.05) is 37.1 Å². The van der Waals surface area contributed by atoms with Crippen molar-refractivity contribution in [2.24, 2.45) is 5.41 Å². The maximum absolute atomic E-state index is 12.9. The van der Waals surface area contributed by atoms with E-state index in [1.54, 1.807) is 12.1 Å². The molecule has 0 aliphatic carbocycles. The second-order valence-electron chi connectivity index (χ2n) is 7.81. The lowest BCUT2D eigenvalue weighted by Crippen LogP contribution is -2.25. The van der Waals surface area contributed by atoms with Gasteiger partial charge in [-0.25, -0.2) is 4.39 Å². The molecule has 0 N–H and O–H groups in total. The highest BCUT2D eigenvalue weighted by Crippen LogP contribution is 2.25. The standard InChI is InChI=1S/C24H31FO3/c1-24(2,23(26)27-3)17-6-4-5-7-19-10-14-22(15-11-19)28-18-16-20-8-12-21(25)13-9-20/h8-15H,4-7,16-18H2,1-3H3. The molecule has 0 amide bonds. The van der Waals surface area contributed by atoms with E-state index in [1.807, 2.05) is 26.0 Å². The molecule has 0 atom stereocenters. The molecule has 0 spiro atoms. The van der Waals surface area contributed by atoms with Crippen molar-refractivity contribution in [1.29, 1.82) is 0 Å². The summed E-state index contributed by atoms with van der Waals surface area (Å²) in [4.78, 5) is 11.7. The Morgan fingerprint density at radius 3 is 2.14 bits per heavy atom. The van der Waals surface area contributed by atoms with Crippen molar-refractivity contribution in [3.63, 3.8) is 0 Å². The maximum Gasteiger partial charge on any atom is 0.311 e. The van der Waals surface area contributed by atoms with Crippen molar-refractivity contribution in [1.82, 2.24) is 0 Å². The summed E-state index contributed by atoms with van der Waals surface area (Å²) in [5, 5.41) is 0. The van der Waals surface area contributed by atoms with Crippen LogP contribution in [0.4, 0.5) is 4.39 Å². The molecule has 4 heteroatoms. The Morgan fingerprint density at radius 2 is 1.50 bits per heavy atom. The van der Waals surface area contributed by atoms with Gasteiger partial charge in [-0.15, -0.1) is 0 Å². The van der Waals surface area contributed by atoms with E-state index >= 15 is 0 Å². The average molecular weight is 387 g/mol. The highest BCUT2D eigenvalue weighted by atomic mass is 19.1. The van der Waals surface area contributed by atoms with E-state index in [0.717, 1.165) is 49.8 Å². The van der Waals surface area contributed by atoms with E-state index in [1.165, 1.54) is 24.8 Å². The van der Waals surface area contributed by atoms with Gasteiger partial charge in [0.25, 0.3) is 0 Å². The molecule has 0 unspecified atom stereocenters. The lowest BCUT2D eigenvalue weighted by Gasteiger charge is -2.20. The minimum Gasteiger partial charge on any atom is -0.493 e. The van der Waals surface area contributed by atoms with Gasteiger partial charge in [0.1, 0.15) is 11.6 Å². The van der Waals surface area contributed by atoms with Crippen LogP contribution in [0.15, 0.2) is 48.5 Å². The largest absolute Gasteiger partial charge is 0.493 e. The molecular formula is C24H31FO3. The molecule has 152 valence electrons. The first-order valence-electron chi connectivity index (χ1n) is 9.95. The number of aryl methyl sites for hydroxylation is 1. The summed E-state index contributed by atoms with van der Waals surface area (Å²) in [6.07, 6.45) is 5.84. The third kappa shape index (κ3) is 7.34. The van der Waals surface area contributed by atoms with E-state index in [0.29, 0.717) is 6.61 Å². The van der Waals surface area contributed by atoms with Crippen LogP contribution in [-0.4, -0.2) is 19.7 Å². The Hall–Kier alpha value is -2.36. The van der Waals surface area contributed by atoms with Crippen molar-refractivity contribution in [2.45, 2.75) is 52.4 Å². The van der Waals surface area contributed by atoms with E-state index in [2.05, 4.69) is 12.1 Å². The molecule has 0 fully saturated rings. The zero-order valence-electron chi connectivity index (χ0n) is 17.2. The molecular weight excluding hydrogens is 355 g/mol. The highest BCUT2D eigenvalue weighted by Gasteiger charge is 2.27. The maximum atomic E-state index is 12.9. The van der Waals surface area contributed by atoms with Crippen molar-refractivity contribution in [3.05, 3.63) is 65.5 Å². The number of ether oxygens (including phenoxy) is 2. The van der Waals surface area contributed by atoms with E-state index in [9.17, 15) is 9.18 Å². The first-order chi connectivity index (χ1) is 13.4. The Bertz CT molecular complexity index is 721. The van der Waals surface area contributed by atoms with Crippen LogP contribution in [-0.2, 0) is 22.4 Å². The second-order valence-corrected chi connectivity index (χ2v) is 7.81. The number of carbonyl (C=O) groups excluding carboxylic acids is 1. The predicted molar refractivity (Wildman–Crippen MR) is 110 cm³/mol. The van der Waals surface area contributed by atoms with Gasteiger partial charge in [0, 0.05) is 6.42 Å². The van der Waals surface area contributed by atoms with E-state index < -0.39 is 5.41 Å². The Morgan fingerprint density at radius 1 is 0.893 bits per heavy atom. The minimum absolute atomic E-state index is 0.137. The lowest BCUT2D eigenvalue weighted by atomic mass is 9.87. The summed E-state index contributed by atoms with van der Waals surface area (Å²) in [5.74, 6) is 0.501. The molecule has 0 saturated heterocycles. The highest BCUT2D eigenvalue weighted by molar-refractivity contribution is 5.75. The van der Waals surface area contributed by atoms with Crippen LogP contribution in [0.5, 0.6) is 5.75 Å². The third-order valence-electron chi connectivity index (χ3n) is 5.00. The SMILES string of the molecule is COC(=O)C(C)(C)CCCCCc1ccc(OCCc2ccc(F)cc2)cc1. The van der Waals surface area contributed by atoms with Gasteiger partial charge in [-0.05, 0) is 68.5 Å². The van der Waals surface area contributed by atoms with Crippen LogP contribution in [0, 0.1) is 11.2 Å². The van der Waals surface area contributed by atoms with Gasteiger partial charge in [0.2, 0.25) is 0 Å². The van der Waals surface area contributed by atoms with Crippen LogP contribution >= 0.6 is 0 Å². The number of hydrogen-bond donors (Lipinski definition) is 0. The van der Waals surface area contributed by atoms with Gasteiger partial charge < -0.3 is 9.47 Å². The number of esters is 1. The van der Waals surface area contributed by atoms with E-state index in [-0.39, 0.29) is 11.8 Å². The molecule has 2 rings (SSSR count). The fourth-order valence-electron chi connectivity index (χ4n) is 3.14. The number of unbranched alkanes of at least 4 members (excludes halogenated alkanes) is 2. The summed E-state index contributed by atoms with van der Waals surface area (Å²) in [5.41, 5.74) is 1.95. The molecule has 0 aromatic heterocycles. The molecule has 0 heterocycles. The number of benzene rings is 2. The number of hydrogen-bond acceptors (Lipinski definition) is 3. The Balaban J connectivity index is 1.64. The van der Waals surface area contributed by atoms with Gasteiger partial charge in [-0.3, -0.25) is 4.79 Å². The Kier molecular flexibility index (Phi) is 8.49. The van der Waals surface area contributed by atoms with Crippen molar-refractivity contribution in [3.8, 4) is 5.75 Å². The van der Waals surface area contributed by atoms with Crippen LogP contribution in [0.25, 0.3) is 0 Å². The molecule has 0 bridgehead atoms. The van der Waals surface area contributed by atoms with Crippen molar-refractivity contribution >= 4 is 5.97 Å². The second kappa shape index (κ2) is 10.8. The summed E-state index contributed by atoms with van der Waals surface area (Å²) in [6.45, 7) is 4.45. The van der Waals surface area contributed by atoms with Crippen LogP contribution in [0.1, 0.15) is 50.7 Å². The number of methoxy groups -OCH3 is 1. The number of rotatable bonds is 11. The van der Waals surface area contributed by atoms with Gasteiger partial charge >= 0.3 is 5.97 Å². The molecule has 0 radical (unpaired) electrons. The van der Waals surface area contributed by atoms with Crippen molar-refractivity contribution < 1.29 is 18.7 Å². The lowest BCUT2D eigenvalue weighted by molar-refractivity contribution is -0.151. The summed E-state index contributed by atoms with van der Waals surface area (Å²) in [7, 11) is 1.44. The number of halogens is 1. The predicted octanol–water partition coefficient (Wildman–Crippen LogP) is 5.75.